The van der Waals surface area contributed by atoms with Crippen molar-refractivity contribution in [3.8, 4) is 0 Å². The Kier molecular flexibility index (Phi) is 4.08. The van der Waals surface area contributed by atoms with Gasteiger partial charge in [0.2, 0.25) is 0 Å². The van der Waals surface area contributed by atoms with Crippen molar-refractivity contribution < 1.29 is 19.6 Å². The molecule has 0 radical (unpaired) electrons. The van der Waals surface area contributed by atoms with Gasteiger partial charge < -0.3 is 10.4 Å². The zero-order valence-electron chi connectivity index (χ0n) is 11.1. The molecular weight excluding hydrogens is 316 g/mol. The maximum Gasteiger partial charge on any atom is 0.354 e. The standard InChI is InChI=1S/C12H9ClN4O5/c1-16-10(12(19)20)7(5-14-16)11(18)15-9-3-2-6(17(21)22)4-8(9)13/h2-5H,1H3,(H,15,18)(H,19,20). The molecule has 10 heteroatoms. The number of anilines is 1. The van der Waals surface area contributed by atoms with Gasteiger partial charge in [0, 0.05) is 19.2 Å². The molecule has 0 aliphatic heterocycles. The summed E-state index contributed by atoms with van der Waals surface area (Å²) in [6.07, 6.45) is 1.11. The van der Waals surface area contributed by atoms with E-state index >= 15 is 0 Å². The number of carboxylic acids is 1. The minimum atomic E-state index is -1.31. The number of nitro benzene ring substituents is 1. The first kappa shape index (κ1) is 15.4. The van der Waals surface area contributed by atoms with Crippen LogP contribution in [0.1, 0.15) is 20.8 Å². The molecule has 2 N–H and O–H groups in total. The molecule has 0 unspecified atom stereocenters. The predicted octanol–water partition coefficient (Wildman–Crippen LogP) is 1.93. The average Bonchev–Trinajstić information content (AvgIpc) is 2.82. The van der Waals surface area contributed by atoms with Crippen molar-refractivity contribution in [1.29, 1.82) is 0 Å². The van der Waals surface area contributed by atoms with E-state index in [4.69, 9.17) is 16.7 Å². The zero-order valence-corrected chi connectivity index (χ0v) is 11.9. The number of benzene rings is 1. The molecule has 0 bridgehead atoms. The van der Waals surface area contributed by atoms with Crippen LogP contribution in [0.3, 0.4) is 0 Å². The number of nitrogens with zero attached hydrogens (tertiary/aromatic N) is 3. The van der Waals surface area contributed by atoms with Crippen LogP contribution in [-0.4, -0.2) is 31.7 Å². The molecular formula is C12H9ClN4O5. The van der Waals surface area contributed by atoms with Gasteiger partial charge in [0.15, 0.2) is 5.69 Å². The van der Waals surface area contributed by atoms with Crippen molar-refractivity contribution in [3.63, 3.8) is 0 Å². The van der Waals surface area contributed by atoms with E-state index in [2.05, 4.69) is 10.4 Å². The number of nitrogens with one attached hydrogen (secondary N) is 1. The molecule has 0 aliphatic rings. The molecule has 0 saturated carbocycles. The predicted molar refractivity (Wildman–Crippen MR) is 76.2 cm³/mol. The lowest BCUT2D eigenvalue weighted by Gasteiger charge is -2.06. The molecule has 2 rings (SSSR count). The molecule has 0 atom stereocenters. The molecule has 1 aromatic carbocycles. The number of carbonyl (C=O) groups excluding carboxylic acids is 1. The molecule has 0 fully saturated rings. The smallest absolute Gasteiger partial charge is 0.354 e. The van der Waals surface area contributed by atoms with Gasteiger partial charge in [-0.05, 0) is 6.07 Å². The summed E-state index contributed by atoms with van der Waals surface area (Å²) in [4.78, 5) is 33.2. The third-order valence-corrected chi connectivity index (χ3v) is 3.11. The normalized spacial score (nSPS) is 10.3. The quantitative estimate of drug-likeness (QED) is 0.653. The molecule has 0 aliphatic carbocycles. The van der Waals surface area contributed by atoms with Crippen molar-refractivity contribution in [2.24, 2.45) is 7.05 Å². The van der Waals surface area contributed by atoms with Crippen molar-refractivity contribution in [2.75, 3.05) is 5.32 Å². The topological polar surface area (TPSA) is 127 Å². The molecule has 114 valence electrons. The minimum absolute atomic E-state index is 0.0386. The molecule has 0 spiro atoms. The lowest BCUT2D eigenvalue weighted by atomic mass is 10.2. The van der Waals surface area contributed by atoms with Crippen molar-refractivity contribution >= 4 is 34.9 Å². The first-order chi connectivity index (χ1) is 10.3. The molecule has 1 amide bonds. The highest BCUT2D eigenvalue weighted by Gasteiger charge is 2.22. The summed E-state index contributed by atoms with van der Waals surface area (Å²) < 4.78 is 1.05. The number of aromatic carboxylic acids is 1. The van der Waals surface area contributed by atoms with E-state index in [9.17, 15) is 19.7 Å². The third-order valence-electron chi connectivity index (χ3n) is 2.80. The zero-order chi connectivity index (χ0) is 16.4. The maximum atomic E-state index is 12.1. The average molecular weight is 325 g/mol. The van der Waals surface area contributed by atoms with Crippen molar-refractivity contribution in [3.05, 3.63) is 50.8 Å². The Morgan fingerprint density at radius 3 is 2.68 bits per heavy atom. The lowest BCUT2D eigenvalue weighted by Crippen LogP contribution is -2.17. The van der Waals surface area contributed by atoms with Gasteiger partial charge >= 0.3 is 5.97 Å². The Bertz CT molecular complexity index is 786. The number of carbonyl (C=O) groups is 2. The number of aryl methyl sites for hydroxylation is 1. The van der Waals surface area contributed by atoms with Crippen LogP contribution in [0.2, 0.25) is 5.02 Å². The number of hydrogen-bond acceptors (Lipinski definition) is 5. The Morgan fingerprint density at radius 2 is 2.14 bits per heavy atom. The van der Waals surface area contributed by atoms with Crippen LogP contribution in [-0.2, 0) is 7.05 Å². The summed E-state index contributed by atoms with van der Waals surface area (Å²) in [5, 5.41) is 25.7. The van der Waals surface area contributed by atoms with E-state index < -0.39 is 16.8 Å². The summed E-state index contributed by atoms with van der Waals surface area (Å²) >= 11 is 5.86. The van der Waals surface area contributed by atoms with Crippen LogP contribution < -0.4 is 5.32 Å². The van der Waals surface area contributed by atoms with Crippen LogP contribution in [0, 0.1) is 10.1 Å². The molecule has 1 aromatic heterocycles. The Morgan fingerprint density at radius 1 is 1.45 bits per heavy atom. The van der Waals surface area contributed by atoms with E-state index in [1.54, 1.807) is 0 Å². The van der Waals surface area contributed by atoms with Crippen LogP contribution in [0.25, 0.3) is 0 Å². The third kappa shape index (κ3) is 2.88. The Hall–Kier alpha value is -2.94. The fourth-order valence-corrected chi connectivity index (χ4v) is 1.99. The van der Waals surface area contributed by atoms with Crippen LogP contribution in [0.15, 0.2) is 24.4 Å². The van der Waals surface area contributed by atoms with E-state index in [-0.39, 0.29) is 27.7 Å². The summed E-state index contributed by atoms with van der Waals surface area (Å²) in [5.74, 6) is -2.04. The highest BCUT2D eigenvalue weighted by atomic mass is 35.5. The number of non-ortho nitro benzene ring substituents is 1. The molecule has 1 heterocycles. The summed E-state index contributed by atoms with van der Waals surface area (Å²) in [6.45, 7) is 0. The van der Waals surface area contributed by atoms with Gasteiger partial charge in [-0.25, -0.2) is 4.79 Å². The second kappa shape index (κ2) is 5.82. The molecule has 9 nitrogen and oxygen atoms in total. The van der Waals surface area contributed by atoms with Gasteiger partial charge in [0.25, 0.3) is 11.6 Å². The van der Waals surface area contributed by atoms with Gasteiger partial charge in [0.1, 0.15) is 0 Å². The van der Waals surface area contributed by atoms with Crippen molar-refractivity contribution in [1.82, 2.24) is 9.78 Å². The van der Waals surface area contributed by atoms with Gasteiger partial charge in [-0.15, -0.1) is 0 Å². The first-order valence-corrected chi connectivity index (χ1v) is 6.19. The van der Waals surface area contributed by atoms with Crippen LogP contribution in [0.5, 0.6) is 0 Å². The number of rotatable bonds is 4. The fourth-order valence-electron chi connectivity index (χ4n) is 1.77. The van der Waals surface area contributed by atoms with Crippen LogP contribution in [0.4, 0.5) is 11.4 Å². The van der Waals surface area contributed by atoms with E-state index in [0.717, 1.165) is 16.9 Å². The number of aromatic nitrogens is 2. The van der Waals surface area contributed by atoms with Crippen molar-refractivity contribution in [2.45, 2.75) is 0 Å². The van der Waals surface area contributed by atoms with Gasteiger partial charge in [-0.1, -0.05) is 11.6 Å². The van der Waals surface area contributed by atoms with Gasteiger partial charge in [-0.2, -0.15) is 5.10 Å². The number of carboxylic acid groups (broad SMARTS) is 1. The maximum absolute atomic E-state index is 12.1. The SMILES string of the molecule is Cn1ncc(C(=O)Nc2ccc([N+](=O)[O-])cc2Cl)c1C(=O)O. The number of halogens is 1. The van der Waals surface area contributed by atoms with E-state index in [1.165, 1.54) is 19.2 Å². The summed E-state index contributed by atoms with van der Waals surface area (Å²) in [5.41, 5.74) is -0.534. The Labute approximate surface area is 128 Å². The summed E-state index contributed by atoms with van der Waals surface area (Å²) in [6, 6.07) is 3.51. The minimum Gasteiger partial charge on any atom is -0.477 e. The van der Waals surface area contributed by atoms with Gasteiger partial charge in [-0.3, -0.25) is 19.6 Å². The first-order valence-electron chi connectivity index (χ1n) is 5.82. The second-order valence-corrected chi connectivity index (χ2v) is 4.62. The fraction of sp³-hybridized carbons (Fsp3) is 0.0833. The molecule has 0 saturated heterocycles. The highest BCUT2D eigenvalue weighted by molar-refractivity contribution is 6.34. The highest BCUT2D eigenvalue weighted by Crippen LogP contribution is 2.27. The molecule has 22 heavy (non-hydrogen) atoms. The lowest BCUT2D eigenvalue weighted by molar-refractivity contribution is -0.384. The Balaban J connectivity index is 2.30. The van der Waals surface area contributed by atoms with E-state index in [1.807, 2.05) is 0 Å². The monoisotopic (exact) mass is 324 g/mol. The van der Waals surface area contributed by atoms with E-state index in [0.29, 0.717) is 0 Å². The second-order valence-electron chi connectivity index (χ2n) is 4.21. The number of amides is 1. The molecule has 2 aromatic rings. The van der Waals surface area contributed by atoms with Gasteiger partial charge in [0.05, 0.1) is 27.4 Å². The van der Waals surface area contributed by atoms with Crippen LogP contribution >= 0.6 is 11.6 Å². The number of nitro groups is 1. The largest absolute Gasteiger partial charge is 0.477 e. The number of hydrogen-bond donors (Lipinski definition) is 2. The summed E-state index contributed by atoms with van der Waals surface area (Å²) in [7, 11) is 1.39.